The molecular formula is C75H89F3N9O13P. The van der Waals surface area contributed by atoms with Crippen LogP contribution in [0.5, 0.6) is 5.75 Å². The number of imidazole rings is 1. The number of carbonyl (C=O) groups excluding carboxylic acids is 5. The van der Waals surface area contributed by atoms with E-state index in [4.69, 9.17) is 38.0 Å². The maximum Gasteiger partial charge on any atom is 0.459 e. The van der Waals surface area contributed by atoms with Gasteiger partial charge in [-0.1, -0.05) is 82.8 Å². The highest BCUT2D eigenvalue weighted by atomic mass is 31.2. The van der Waals surface area contributed by atoms with Crippen molar-refractivity contribution in [2.75, 3.05) is 27.4 Å². The molecule has 26 heteroatoms. The normalized spacial score (nSPS) is 25.4. The van der Waals surface area contributed by atoms with Crippen LogP contribution in [0.4, 0.5) is 23.7 Å². The van der Waals surface area contributed by atoms with Crippen LogP contribution in [0.3, 0.4) is 0 Å². The van der Waals surface area contributed by atoms with Crippen LogP contribution in [0.15, 0.2) is 133 Å². The lowest BCUT2D eigenvalue weighted by molar-refractivity contribution is -0.149. The van der Waals surface area contributed by atoms with Crippen molar-refractivity contribution in [3.05, 3.63) is 151 Å². The van der Waals surface area contributed by atoms with Crippen molar-refractivity contribution in [1.82, 2.24) is 40.4 Å². The summed E-state index contributed by atoms with van der Waals surface area (Å²) in [5.74, 6) is -3.21. The molecule has 0 radical (unpaired) electrons. The van der Waals surface area contributed by atoms with Crippen molar-refractivity contribution >= 4 is 48.9 Å². The number of carbonyl (C=O) groups is 5. The highest BCUT2D eigenvalue weighted by molar-refractivity contribution is 7.52. The molecule has 2 saturated carbocycles. The largest absolute Gasteiger partial charge is 0.483 e. The second kappa shape index (κ2) is 28.3. The van der Waals surface area contributed by atoms with E-state index in [9.17, 15) is 33.6 Å². The molecule has 5 N–H and O–H groups in total. The minimum absolute atomic E-state index is 0.0158. The number of piperidine rings is 1. The van der Waals surface area contributed by atoms with Gasteiger partial charge in [0.25, 0.3) is 5.92 Å². The summed E-state index contributed by atoms with van der Waals surface area (Å²) in [5.41, 5.74) is 4.62. The number of amides is 4. The molecule has 5 aliphatic heterocycles. The Balaban J connectivity index is 0.000000227. The Morgan fingerprint density at radius 3 is 2.17 bits per heavy atom. The number of nitrogens with zero attached hydrogens (tertiary/aromatic N) is 5. The number of halogens is 3. The monoisotopic (exact) mass is 1410 g/mol. The Morgan fingerprint density at radius 1 is 0.851 bits per heavy atom. The van der Waals surface area contributed by atoms with E-state index in [1.807, 2.05) is 56.9 Å². The summed E-state index contributed by atoms with van der Waals surface area (Å²) in [6.45, 7) is 21.3. The van der Waals surface area contributed by atoms with Crippen LogP contribution in [0.2, 0.25) is 0 Å². The molecule has 2 bridgehead atoms. The Bertz CT molecular complexity index is 4180. The Hall–Kier alpha value is -8.61. The lowest BCUT2D eigenvalue weighted by Gasteiger charge is -2.39. The molecule has 3 saturated heterocycles. The van der Waals surface area contributed by atoms with Crippen molar-refractivity contribution in [3.63, 3.8) is 0 Å². The minimum atomic E-state index is -4.26. The molecule has 12 atom stereocenters. The first-order valence-corrected chi connectivity index (χ1v) is 36.0. The van der Waals surface area contributed by atoms with Gasteiger partial charge in [-0.15, -0.1) is 0 Å². The standard InChI is InChI=1S/C51H57F2N7O5.C24H32FN2O8P/c1-26(2)43(58-49(63)65-7)47(61)59-25-50(16-17-50)23-42(59)46-54-24-41(57-46)31-10-14-36-35-13-9-30(20-37(35)51(52,53)38(36)21-31)29-11-15-39-33(18-29)22-40(56-39)45-32-8-12-34(19-32)60(45)48(62)44(27(3)4)55-28(5)64-6;1-15(2)33-22(30)17(4)26-36(31,35-18-9-7-6-8-10-18)32-14-19-21(29)24(5,25)23(34-19)27-12-11-16(3)13-20(27)28/h9-11,13-15,18,20-21,24,26-27,32,34,42-45,55H,5,8,12,16-17,19,22-23,25H2,1-4,6-7H3,(H,54,57)(H,58,63);6-12,15,17,19,21,23,29H,3,13-14H2,1-2,4-5H3,(H,26,31)/t32-,34+,42-,43-,44-,45-;17-,19?,21+,23+,24+,36-/m00/s1. The number of likely N-dealkylation sites (tertiary alicyclic amines) is 2. The number of para-hydroxylation sites is 1. The summed E-state index contributed by atoms with van der Waals surface area (Å²) in [7, 11) is -1.45. The van der Waals surface area contributed by atoms with Crippen LogP contribution in [-0.4, -0.2) is 153 Å². The Morgan fingerprint density at radius 2 is 1.51 bits per heavy atom. The second-order valence-corrected chi connectivity index (χ2v) is 30.7. The molecule has 3 aliphatic carbocycles. The number of ether oxygens (including phenoxy) is 4. The smallest absolute Gasteiger partial charge is 0.459 e. The van der Waals surface area contributed by atoms with Gasteiger partial charge in [-0.25, -0.2) is 18.7 Å². The summed E-state index contributed by atoms with van der Waals surface area (Å²) in [4.78, 5) is 83.2. The molecule has 4 aromatic carbocycles. The third kappa shape index (κ3) is 14.5. The fraction of sp³-hybridized carbons (Fsp3) is 0.480. The number of hydrogen-bond acceptors (Lipinski definition) is 16. The zero-order valence-corrected chi connectivity index (χ0v) is 59.4. The number of nitrogens with one attached hydrogen (secondary N) is 4. The van der Waals surface area contributed by atoms with Gasteiger partial charge < -0.3 is 54.0 Å². The molecule has 22 nitrogen and oxygen atoms in total. The predicted molar refractivity (Wildman–Crippen MR) is 372 cm³/mol. The number of esters is 1. The van der Waals surface area contributed by atoms with Crippen LogP contribution >= 0.6 is 7.75 Å². The van der Waals surface area contributed by atoms with Gasteiger partial charge in [0.2, 0.25) is 17.7 Å². The first kappa shape index (κ1) is 72.2. The average molecular weight is 1410 g/mol. The van der Waals surface area contributed by atoms with Gasteiger partial charge in [-0.05, 0) is 172 Å². The topological polar surface area (TPSA) is 265 Å². The van der Waals surface area contributed by atoms with Gasteiger partial charge >= 0.3 is 19.8 Å². The van der Waals surface area contributed by atoms with Crippen molar-refractivity contribution < 1.29 is 74.8 Å². The number of rotatable bonds is 22. The summed E-state index contributed by atoms with van der Waals surface area (Å²) >= 11 is 0. The second-order valence-electron chi connectivity index (χ2n) is 29.0. The van der Waals surface area contributed by atoms with E-state index in [1.54, 1.807) is 68.6 Å². The van der Waals surface area contributed by atoms with E-state index in [0.29, 0.717) is 64.1 Å². The molecule has 5 fully saturated rings. The van der Waals surface area contributed by atoms with E-state index in [2.05, 4.69) is 44.8 Å². The quantitative estimate of drug-likeness (QED) is 0.0245. The number of aromatic nitrogens is 2. The Kier molecular flexibility index (Phi) is 20.2. The average Bonchev–Trinajstić information content (AvgIpc) is 1.58. The predicted octanol–water partition coefficient (Wildman–Crippen LogP) is 12.3. The van der Waals surface area contributed by atoms with Gasteiger partial charge in [0.05, 0.1) is 63.0 Å². The number of aliphatic hydroxyl groups excluding tert-OH is 1. The number of aromatic amines is 1. The maximum absolute atomic E-state index is 16.7. The van der Waals surface area contributed by atoms with Crippen LogP contribution < -0.4 is 20.2 Å². The van der Waals surface area contributed by atoms with Crippen LogP contribution in [0.25, 0.3) is 33.5 Å². The Labute approximate surface area is 586 Å². The lowest BCUT2D eigenvalue weighted by atomic mass is 9.90. The third-order valence-electron chi connectivity index (χ3n) is 20.6. The summed E-state index contributed by atoms with van der Waals surface area (Å²) in [6, 6.07) is 21.9. The number of methoxy groups -OCH3 is 2. The number of alkyl halides is 3. The molecule has 1 unspecified atom stereocenters. The molecular weight excluding hydrogens is 1320 g/mol. The van der Waals surface area contributed by atoms with E-state index in [1.165, 1.54) is 39.5 Å². The van der Waals surface area contributed by atoms with E-state index >= 15 is 13.2 Å². The van der Waals surface area contributed by atoms with Crippen LogP contribution in [0.1, 0.15) is 129 Å². The number of allylic oxidation sites excluding steroid dienone is 1. The number of hydrogen-bond donors (Lipinski definition) is 5. The van der Waals surface area contributed by atoms with Crippen molar-refractivity contribution in [2.45, 2.75) is 179 Å². The van der Waals surface area contributed by atoms with Gasteiger partial charge in [0.15, 0.2) is 17.8 Å². The number of aliphatic imine (C=N–C) groups is 1. The van der Waals surface area contributed by atoms with Crippen molar-refractivity contribution in [1.29, 1.82) is 0 Å². The maximum atomic E-state index is 16.7. The minimum Gasteiger partial charge on any atom is -0.483 e. The molecule has 5 aromatic rings. The molecule has 6 heterocycles. The van der Waals surface area contributed by atoms with Crippen molar-refractivity contribution in [3.8, 4) is 39.3 Å². The van der Waals surface area contributed by atoms with Gasteiger partial charge in [-0.3, -0.25) is 33.6 Å². The number of aliphatic hydroxyl groups is 1. The SMILES string of the molecule is C=C(N[C@H](C(=O)N1[C@@H]2CC[C@@H](C2)[C@H]1C1=Nc2ccc(-c3ccc4c(c3)C(F)(F)c3cc(-c5cnc([C@@H]6CC7(CC7)CN6C(=O)[C@@H](NC(=O)OC)C(C)C)[nH]5)ccc3-4)cc2C1)C(C)C)OC.C=C1C=CN([C@@H]2OC(CO[P@@](=O)(N[C@@H](C)C(=O)OC(C)C)Oc3ccccc3)[C@@H](O)[C@@]2(C)F)C(=O)C1. The number of alkyl carbamates (subject to hydrolysis) is 1. The molecule has 101 heavy (non-hydrogen) atoms. The molecule has 8 aliphatic rings. The fourth-order valence-electron chi connectivity index (χ4n) is 15.1. The lowest BCUT2D eigenvalue weighted by Crippen LogP contribution is -2.56. The molecule has 13 rings (SSSR count). The fourth-order valence-corrected chi connectivity index (χ4v) is 16.6. The van der Waals surface area contributed by atoms with Gasteiger partial charge in [-0.2, -0.15) is 13.9 Å². The third-order valence-corrected chi connectivity index (χ3v) is 22.3. The zero-order valence-electron chi connectivity index (χ0n) is 58.5. The molecule has 4 amide bonds. The van der Waals surface area contributed by atoms with Crippen LogP contribution in [-0.2, 0) is 59.6 Å². The van der Waals surface area contributed by atoms with Crippen LogP contribution in [0, 0.1) is 23.2 Å². The summed E-state index contributed by atoms with van der Waals surface area (Å²) in [6.07, 6.45) is 5.35. The van der Waals surface area contributed by atoms with Gasteiger partial charge in [0, 0.05) is 47.6 Å². The van der Waals surface area contributed by atoms with E-state index in [-0.39, 0.29) is 70.5 Å². The summed E-state index contributed by atoms with van der Waals surface area (Å²) < 4.78 is 94.5. The highest BCUT2D eigenvalue weighted by Gasteiger charge is 2.59. The molecule has 538 valence electrons. The van der Waals surface area contributed by atoms with E-state index in [0.717, 1.165) is 72.9 Å². The number of fused-ring (bicyclic) bond motifs is 6. The molecule has 1 spiro atoms. The first-order valence-electron chi connectivity index (χ1n) is 34.5. The number of benzene rings is 4. The summed E-state index contributed by atoms with van der Waals surface area (Å²) in [5, 5.41) is 19.0. The van der Waals surface area contributed by atoms with E-state index < -0.39 is 86.6 Å². The molecule has 1 aromatic heterocycles. The highest BCUT2D eigenvalue weighted by Crippen LogP contribution is 2.59. The zero-order chi connectivity index (χ0) is 72.4. The van der Waals surface area contributed by atoms with Crippen molar-refractivity contribution in [2.24, 2.45) is 28.2 Å². The number of H-pyrrole nitrogens is 1. The first-order chi connectivity index (χ1) is 47.9. The van der Waals surface area contributed by atoms with Gasteiger partial charge in [0.1, 0.15) is 41.9 Å².